The van der Waals surface area contributed by atoms with Gasteiger partial charge in [0.15, 0.2) is 11.5 Å². The summed E-state index contributed by atoms with van der Waals surface area (Å²) in [6, 6.07) is 4.88. The number of carbonyl (C=O) groups is 2. The van der Waals surface area contributed by atoms with Gasteiger partial charge in [-0.05, 0) is 12.1 Å². The molecular formula is C12H10N2O5. The van der Waals surface area contributed by atoms with Gasteiger partial charge in [-0.15, -0.1) is 0 Å². The Bertz CT molecular complexity index is 610. The molecule has 0 unspecified atom stereocenters. The third-order valence-electron chi connectivity index (χ3n) is 3.01. The van der Waals surface area contributed by atoms with E-state index in [1.807, 2.05) is 0 Å². The van der Waals surface area contributed by atoms with Gasteiger partial charge in [0.1, 0.15) is 0 Å². The molecule has 98 valence electrons. The molecule has 2 aromatic rings. The number of furan rings is 1. The standard InChI is InChI=1S/C12H10N2O5/c15-11(14-5-7(6-14)12(16)17)8-4-10(19-13-8)9-2-1-3-18-9/h1-4,7H,5-6H2,(H,16,17). The fourth-order valence-electron chi connectivity index (χ4n) is 1.87. The number of hydrogen-bond acceptors (Lipinski definition) is 5. The Morgan fingerprint density at radius 1 is 1.37 bits per heavy atom. The zero-order valence-electron chi connectivity index (χ0n) is 9.78. The minimum absolute atomic E-state index is 0.148. The van der Waals surface area contributed by atoms with Crippen LogP contribution in [0.25, 0.3) is 11.5 Å². The van der Waals surface area contributed by atoms with Crippen LogP contribution in [0.2, 0.25) is 0 Å². The molecule has 1 saturated heterocycles. The molecule has 0 aromatic carbocycles. The summed E-state index contributed by atoms with van der Waals surface area (Å²) in [7, 11) is 0. The molecule has 7 heteroatoms. The lowest BCUT2D eigenvalue weighted by molar-refractivity contribution is -0.146. The van der Waals surface area contributed by atoms with Crippen molar-refractivity contribution in [3.05, 3.63) is 30.2 Å². The number of aliphatic carboxylic acids is 1. The Labute approximate surface area is 107 Å². The highest BCUT2D eigenvalue weighted by Gasteiger charge is 2.37. The van der Waals surface area contributed by atoms with Crippen molar-refractivity contribution in [1.82, 2.24) is 10.1 Å². The Balaban J connectivity index is 1.70. The second-order valence-electron chi connectivity index (χ2n) is 4.30. The first kappa shape index (κ1) is 11.5. The third kappa shape index (κ3) is 1.99. The van der Waals surface area contributed by atoms with Crippen LogP contribution in [-0.4, -0.2) is 40.1 Å². The maximum Gasteiger partial charge on any atom is 0.310 e. The van der Waals surface area contributed by atoms with Gasteiger partial charge >= 0.3 is 5.97 Å². The molecule has 3 rings (SSSR count). The highest BCUT2D eigenvalue weighted by Crippen LogP contribution is 2.23. The predicted molar refractivity (Wildman–Crippen MR) is 61.2 cm³/mol. The molecule has 3 heterocycles. The van der Waals surface area contributed by atoms with Crippen molar-refractivity contribution >= 4 is 11.9 Å². The number of carboxylic acid groups (broad SMARTS) is 1. The molecule has 0 aliphatic carbocycles. The van der Waals surface area contributed by atoms with E-state index in [1.165, 1.54) is 17.2 Å². The molecule has 19 heavy (non-hydrogen) atoms. The van der Waals surface area contributed by atoms with Crippen molar-refractivity contribution in [3.63, 3.8) is 0 Å². The predicted octanol–water partition coefficient (Wildman–Crippen LogP) is 1.09. The summed E-state index contributed by atoms with van der Waals surface area (Å²) < 4.78 is 10.1. The van der Waals surface area contributed by atoms with Crippen molar-refractivity contribution < 1.29 is 23.6 Å². The van der Waals surface area contributed by atoms with Crippen molar-refractivity contribution in [2.45, 2.75) is 0 Å². The molecule has 1 N–H and O–H groups in total. The van der Waals surface area contributed by atoms with E-state index in [2.05, 4.69) is 5.16 Å². The van der Waals surface area contributed by atoms with E-state index in [-0.39, 0.29) is 24.7 Å². The molecule has 7 nitrogen and oxygen atoms in total. The number of rotatable bonds is 3. The average molecular weight is 262 g/mol. The second kappa shape index (κ2) is 4.27. The van der Waals surface area contributed by atoms with Crippen molar-refractivity contribution in [2.24, 2.45) is 5.92 Å². The SMILES string of the molecule is O=C(O)C1CN(C(=O)c2cc(-c3ccco3)on2)C1. The fourth-order valence-corrected chi connectivity index (χ4v) is 1.87. The van der Waals surface area contributed by atoms with Crippen LogP contribution < -0.4 is 0 Å². The van der Waals surface area contributed by atoms with Gasteiger partial charge < -0.3 is 18.9 Å². The molecule has 1 aliphatic rings. The lowest BCUT2D eigenvalue weighted by Gasteiger charge is -2.35. The summed E-state index contributed by atoms with van der Waals surface area (Å²) in [6.07, 6.45) is 1.49. The van der Waals surface area contributed by atoms with Crippen LogP contribution in [0.4, 0.5) is 0 Å². The van der Waals surface area contributed by atoms with E-state index < -0.39 is 11.9 Å². The normalized spacial score (nSPS) is 15.3. The first-order valence-corrected chi connectivity index (χ1v) is 5.68. The molecule has 1 aliphatic heterocycles. The Hall–Kier alpha value is -2.57. The number of hydrogen-bond donors (Lipinski definition) is 1. The van der Waals surface area contributed by atoms with E-state index in [0.29, 0.717) is 11.5 Å². The maximum atomic E-state index is 12.0. The van der Waals surface area contributed by atoms with Gasteiger partial charge in [-0.1, -0.05) is 5.16 Å². The van der Waals surface area contributed by atoms with Gasteiger partial charge in [-0.3, -0.25) is 9.59 Å². The van der Waals surface area contributed by atoms with Crippen LogP contribution >= 0.6 is 0 Å². The van der Waals surface area contributed by atoms with Crippen molar-refractivity contribution in [2.75, 3.05) is 13.1 Å². The minimum atomic E-state index is -0.888. The van der Waals surface area contributed by atoms with Crippen LogP contribution in [0.1, 0.15) is 10.5 Å². The minimum Gasteiger partial charge on any atom is -0.481 e. The first-order chi connectivity index (χ1) is 9.15. The smallest absolute Gasteiger partial charge is 0.310 e. The summed E-state index contributed by atoms with van der Waals surface area (Å²) >= 11 is 0. The van der Waals surface area contributed by atoms with Crippen LogP contribution in [-0.2, 0) is 4.79 Å². The van der Waals surface area contributed by atoms with E-state index in [9.17, 15) is 9.59 Å². The van der Waals surface area contributed by atoms with Crippen molar-refractivity contribution in [1.29, 1.82) is 0 Å². The number of carbonyl (C=O) groups excluding carboxylic acids is 1. The quantitative estimate of drug-likeness (QED) is 0.889. The fraction of sp³-hybridized carbons (Fsp3) is 0.250. The van der Waals surface area contributed by atoms with E-state index in [0.717, 1.165) is 0 Å². The zero-order chi connectivity index (χ0) is 13.4. The number of aromatic nitrogens is 1. The third-order valence-corrected chi connectivity index (χ3v) is 3.01. The average Bonchev–Trinajstić information content (AvgIpc) is 2.97. The molecule has 0 atom stereocenters. The van der Waals surface area contributed by atoms with Gasteiger partial charge in [0.25, 0.3) is 5.91 Å². The van der Waals surface area contributed by atoms with Gasteiger partial charge in [0, 0.05) is 19.2 Å². The van der Waals surface area contributed by atoms with E-state index in [1.54, 1.807) is 12.1 Å². The second-order valence-corrected chi connectivity index (χ2v) is 4.30. The number of carboxylic acids is 1. The van der Waals surface area contributed by atoms with Crippen LogP contribution in [0.5, 0.6) is 0 Å². The molecule has 0 radical (unpaired) electrons. The zero-order valence-corrected chi connectivity index (χ0v) is 9.78. The molecule has 1 amide bonds. The monoisotopic (exact) mass is 262 g/mol. The number of amides is 1. The highest BCUT2D eigenvalue weighted by molar-refractivity contribution is 5.94. The van der Waals surface area contributed by atoms with E-state index in [4.69, 9.17) is 14.0 Å². The Morgan fingerprint density at radius 3 is 2.79 bits per heavy atom. The molecule has 1 fully saturated rings. The molecule has 0 saturated carbocycles. The van der Waals surface area contributed by atoms with Crippen LogP contribution in [0.15, 0.2) is 33.4 Å². The lowest BCUT2D eigenvalue weighted by atomic mass is 10.0. The van der Waals surface area contributed by atoms with Crippen molar-refractivity contribution in [3.8, 4) is 11.5 Å². The summed E-state index contributed by atoms with van der Waals surface area (Å²) in [5.74, 6) is -0.859. The Kier molecular flexibility index (Phi) is 2.59. The van der Waals surface area contributed by atoms with Crippen LogP contribution in [0, 0.1) is 5.92 Å². The topological polar surface area (TPSA) is 96.8 Å². The summed E-state index contributed by atoms with van der Waals surface area (Å²) in [6.45, 7) is 0.411. The van der Waals surface area contributed by atoms with Gasteiger partial charge in [0.05, 0.1) is 12.2 Å². The first-order valence-electron chi connectivity index (χ1n) is 5.68. The van der Waals surface area contributed by atoms with Gasteiger partial charge in [0.2, 0.25) is 5.76 Å². The maximum absolute atomic E-state index is 12.0. The summed E-state index contributed by atoms with van der Waals surface area (Å²) in [5, 5.41) is 12.4. The highest BCUT2D eigenvalue weighted by atomic mass is 16.5. The molecule has 0 spiro atoms. The van der Waals surface area contributed by atoms with E-state index >= 15 is 0 Å². The van der Waals surface area contributed by atoms with Gasteiger partial charge in [-0.2, -0.15) is 0 Å². The Morgan fingerprint density at radius 2 is 2.16 bits per heavy atom. The summed E-state index contributed by atoms with van der Waals surface area (Å²) in [5.41, 5.74) is 0.148. The molecule has 2 aromatic heterocycles. The lowest BCUT2D eigenvalue weighted by Crippen LogP contribution is -2.53. The van der Waals surface area contributed by atoms with Gasteiger partial charge in [-0.25, -0.2) is 0 Å². The number of nitrogens with zero attached hydrogens (tertiary/aromatic N) is 2. The summed E-state index contributed by atoms with van der Waals surface area (Å²) in [4.78, 5) is 24.0. The number of likely N-dealkylation sites (tertiary alicyclic amines) is 1. The largest absolute Gasteiger partial charge is 0.481 e. The molecule has 0 bridgehead atoms. The van der Waals surface area contributed by atoms with Crippen LogP contribution in [0.3, 0.4) is 0 Å². The molecular weight excluding hydrogens is 252 g/mol.